The van der Waals surface area contributed by atoms with Crippen LogP contribution in [0.2, 0.25) is 0 Å². The van der Waals surface area contributed by atoms with E-state index in [1.54, 1.807) is 0 Å². The van der Waals surface area contributed by atoms with Gasteiger partial charge in [0.1, 0.15) is 5.82 Å². The van der Waals surface area contributed by atoms with E-state index < -0.39 is 0 Å². The number of aromatic nitrogens is 2. The van der Waals surface area contributed by atoms with Gasteiger partial charge in [0.15, 0.2) is 0 Å². The number of nitrogens with zero attached hydrogens (tertiary/aromatic N) is 2. The maximum atomic E-state index is 5.08. The van der Waals surface area contributed by atoms with E-state index in [1.165, 1.54) is 55.7 Å². The van der Waals surface area contributed by atoms with Crippen LogP contribution in [-0.2, 0) is 25.6 Å². The monoisotopic (exact) mass is 257 g/mol. The maximum Gasteiger partial charge on any atom is 0.115 e. The van der Waals surface area contributed by atoms with Crippen LogP contribution in [-0.4, -0.2) is 9.55 Å². The van der Waals surface area contributed by atoms with Gasteiger partial charge in [-0.2, -0.15) is 0 Å². The Bertz CT molecular complexity index is 507. The summed E-state index contributed by atoms with van der Waals surface area (Å²) in [5.74, 6) is 4.47. The molecule has 19 heavy (non-hydrogen) atoms. The summed E-state index contributed by atoms with van der Waals surface area (Å²) < 4.78 is 2.45. The predicted octanol–water partition coefficient (Wildman–Crippen LogP) is 2.49. The third-order valence-electron chi connectivity index (χ3n) is 6.39. The zero-order valence-electron chi connectivity index (χ0n) is 11.8. The molecule has 5 aliphatic rings. The molecular weight excluding hydrogens is 234 g/mol. The molecule has 3 heteroatoms. The Morgan fingerprint density at radius 3 is 2.26 bits per heavy atom. The molecule has 0 saturated heterocycles. The Kier molecular flexibility index (Phi) is 1.97. The van der Waals surface area contributed by atoms with Crippen LogP contribution in [0, 0.1) is 17.8 Å². The van der Waals surface area contributed by atoms with Gasteiger partial charge < -0.3 is 9.88 Å². The number of fused-ring (bicyclic) bond motifs is 1. The zero-order valence-corrected chi connectivity index (χ0v) is 11.8. The van der Waals surface area contributed by atoms with Gasteiger partial charge in [0, 0.05) is 25.6 Å². The number of nitrogens with one attached hydrogen (secondary N) is 1. The van der Waals surface area contributed by atoms with Crippen molar-refractivity contribution >= 4 is 0 Å². The molecule has 2 heterocycles. The van der Waals surface area contributed by atoms with E-state index in [2.05, 4.69) is 16.9 Å². The van der Waals surface area contributed by atoms with Crippen molar-refractivity contribution in [2.75, 3.05) is 0 Å². The number of imidazole rings is 1. The fraction of sp³-hybridized carbons (Fsp3) is 0.812. The molecule has 4 saturated carbocycles. The average Bonchev–Trinajstić information content (AvgIpc) is 2.91. The molecular formula is C16H23N3. The standard InChI is InChI=1S/C16H23N3/c1-19-14-9-17-8-13(14)18-15(19)16-5-10-2-11(6-16)4-12(3-10)7-16/h10-12,17H,2-9H2,1H3. The van der Waals surface area contributed by atoms with Gasteiger partial charge in [-0.3, -0.25) is 0 Å². The van der Waals surface area contributed by atoms with Gasteiger partial charge in [-0.05, 0) is 56.3 Å². The maximum absolute atomic E-state index is 5.08. The molecule has 4 aliphatic carbocycles. The van der Waals surface area contributed by atoms with Gasteiger partial charge >= 0.3 is 0 Å². The predicted molar refractivity (Wildman–Crippen MR) is 73.6 cm³/mol. The van der Waals surface area contributed by atoms with Gasteiger partial charge in [-0.25, -0.2) is 4.98 Å². The largest absolute Gasteiger partial charge is 0.333 e. The van der Waals surface area contributed by atoms with Gasteiger partial charge in [-0.15, -0.1) is 0 Å². The Labute approximate surface area is 114 Å². The summed E-state index contributed by atoms with van der Waals surface area (Å²) in [6, 6.07) is 0. The molecule has 0 unspecified atom stereocenters. The highest BCUT2D eigenvalue weighted by Crippen LogP contribution is 2.60. The summed E-state index contributed by atoms with van der Waals surface area (Å²) in [4.78, 5) is 5.08. The van der Waals surface area contributed by atoms with Gasteiger partial charge in [0.2, 0.25) is 0 Å². The summed E-state index contributed by atoms with van der Waals surface area (Å²) in [5, 5.41) is 3.43. The Balaban J connectivity index is 1.62. The third kappa shape index (κ3) is 1.35. The van der Waals surface area contributed by atoms with Crippen LogP contribution in [0.25, 0.3) is 0 Å². The van der Waals surface area contributed by atoms with Crippen LogP contribution in [0.1, 0.15) is 55.7 Å². The van der Waals surface area contributed by atoms with Gasteiger partial charge in [-0.1, -0.05) is 0 Å². The first-order chi connectivity index (χ1) is 9.23. The van der Waals surface area contributed by atoms with Crippen LogP contribution in [0.5, 0.6) is 0 Å². The summed E-state index contributed by atoms with van der Waals surface area (Å²) in [5.41, 5.74) is 3.23. The normalized spacial score (nSPS) is 42.9. The Morgan fingerprint density at radius 1 is 1.05 bits per heavy atom. The number of hydrogen-bond donors (Lipinski definition) is 1. The molecule has 0 amide bonds. The molecule has 3 nitrogen and oxygen atoms in total. The van der Waals surface area contributed by atoms with E-state index >= 15 is 0 Å². The Hall–Kier alpha value is -0.830. The van der Waals surface area contributed by atoms with Gasteiger partial charge in [0.25, 0.3) is 0 Å². The van der Waals surface area contributed by atoms with Crippen molar-refractivity contribution in [1.82, 2.24) is 14.9 Å². The lowest BCUT2D eigenvalue weighted by Crippen LogP contribution is -2.49. The first-order valence-corrected chi connectivity index (χ1v) is 7.99. The third-order valence-corrected chi connectivity index (χ3v) is 6.39. The van der Waals surface area contributed by atoms with E-state index in [0.29, 0.717) is 5.41 Å². The summed E-state index contributed by atoms with van der Waals surface area (Å²) in [7, 11) is 2.26. The van der Waals surface area contributed by atoms with Crippen molar-refractivity contribution in [3.8, 4) is 0 Å². The number of hydrogen-bond acceptors (Lipinski definition) is 2. The highest BCUT2D eigenvalue weighted by atomic mass is 15.1. The molecule has 4 fully saturated rings. The van der Waals surface area contributed by atoms with Crippen molar-refractivity contribution in [2.24, 2.45) is 24.8 Å². The van der Waals surface area contributed by atoms with Crippen LogP contribution in [0.3, 0.4) is 0 Å². The minimum Gasteiger partial charge on any atom is -0.333 e. The molecule has 0 atom stereocenters. The quantitative estimate of drug-likeness (QED) is 0.837. The highest BCUT2D eigenvalue weighted by molar-refractivity contribution is 5.27. The lowest BCUT2D eigenvalue weighted by atomic mass is 9.49. The van der Waals surface area contributed by atoms with E-state index in [1.807, 2.05) is 0 Å². The average molecular weight is 257 g/mol. The smallest absolute Gasteiger partial charge is 0.115 e. The molecule has 1 N–H and O–H groups in total. The second kappa shape index (κ2) is 3.43. The minimum atomic E-state index is 0.452. The second-order valence-corrected chi connectivity index (χ2v) is 7.69. The van der Waals surface area contributed by atoms with Gasteiger partial charge in [0.05, 0.1) is 11.4 Å². The highest BCUT2D eigenvalue weighted by Gasteiger charge is 2.53. The van der Waals surface area contributed by atoms with E-state index in [0.717, 1.165) is 30.8 Å². The lowest BCUT2D eigenvalue weighted by molar-refractivity contribution is -0.0107. The number of rotatable bonds is 1. The lowest BCUT2D eigenvalue weighted by Gasteiger charge is -2.56. The van der Waals surface area contributed by atoms with Crippen LogP contribution in [0.15, 0.2) is 0 Å². The van der Waals surface area contributed by atoms with Crippen molar-refractivity contribution < 1.29 is 0 Å². The summed E-state index contributed by atoms with van der Waals surface area (Å²) in [6.45, 7) is 2.00. The van der Waals surface area contributed by atoms with E-state index in [9.17, 15) is 0 Å². The van der Waals surface area contributed by atoms with Crippen molar-refractivity contribution in [3.63, 3.8) is 0 Å². The van der Waals surface area contributed by atoms with Crippen molar-refractivity contribution in [1.29, 1.82) is 0 Å². The Morgan fingerprint density at radius 2 is 1.68 bits per heavy atom. The van der Waals surface area contributed by atoms with E-state index in [-0.39, 0.29) is 0 Å². The first-order valence-electron chi connectivity index (χ1n) is 7.99. The molecule has 6 rings (SSSR count). The molecule has 1 aromatic heterocycles. The van der Waals surface area contributed by atoms with Crippen LogP contribution >= 0.6 is 0 Å². The SMILES string of the molecule is Cn1c(C23CC4CC(CC(C4)C2)C3)nc2c1CNC2. The minimum absolute atomic E-state index is 0.452. The molecule has 1 aromatic rings. The molecule has 102 valence electrons. The van der Waals surface area contributed by atoms with Crippen molar-refractivity contribution in [3.05, 3.63) is 17.2 Å². The van der Waals surface area contributed by atoms with Crippen LogP contribution < -0.4 is 5.32 Å². The molecule has 0 aromatic carbocycles. The molecule has 0 radical (unpaired) electrons. The fourth-order valence-corrected chi connectivity index (χ4v) is 6.11. The summed E-state index contributed by atoms with van der Waals surface area (Å²) in [6.07, 6.45) is 8.84. The van der Waals surface area contributed by atoms with Crippen LogP contribution in [0.4, 0.5) is 0 Å². The topological polar surface area (TPSA) is 29.9 Å². The van der Waals surface area contributed by atoms with Crippen molar-refractivity contribution in [2.45, 2.75) is 57.0 Å². The molecule has 4 bridgehead atoms. The second-order valence-electron chi connectivity index (χ2n) is 7.69. The molecule has 0 spiro atoms. The summed E-state index contributed by atoms with van der Waals surface area (Å²) >= 11 is 0. The van der Waals surface area contributed by atoms with E-state index in [4.69, 9.17) is 4.98 Å². The fourth-order valence-electron chi connectivity index (χ4n) is 6.11. The zero-order chi connectivity index (χ0) is 12.6. The molecule has 1 aliphatic heterocycles. The first kappa shape index (κ1) is 10.9.